The Balaban J connectivity index is 1.26. The van der Waals surface area contributed by atoms with Crippen LogP contribution in [-0.4, -0.2) is 36.3 Å². The standard InChI is InChI=1S/C30H24F5N5O3S/c1-42-11-10-36-15-17-2-6-22(38-16-17)27-14-24-28(44-27)26(8-9-37-24)43-25-7-4-19(13-21(25)32)39-29(41)40-23-12-18(30(33,34)35)3-5-20(23)31/h2-9,12-14,16,36H,10-11,15H2,1H3,(H2,39,40,41). The summed E-state index contributed by atoms with van der Waals surface area (Å²) in [6, 6.07) is 11.4. The van der Waals surface area contributed by atoms with Crippen molar-refractivity contribution in [1.29, 1.82) is 0 Å². The number of thiophene rings is 1. The van der Waals surface area contributed by atoms with E-state index in [0.29, 0.717) is 47.3 Å². The number of hydrogen-bond donors (Lipinski definition) is 3. The summed E-state index contributed by atoms with van der Waals surface area (Å²) in [4.78, 5) is 22.1. The number of benzene rings is 2. The average molecular weight is 630 g/mol. The molecule has 0 fully saturated rings. The Morgan fingerprint density at radius 2 is 1.77 bits per heavy atom. The zero-order valence-electron chi connectivity index (χ0n) is 23.0. The van der Waals surface area contributed by atoms with Gasteiger partial charge in [0.2, 0.25) is 0 Å². The number of nitrogens with one attached hydrogen (secondary N) is 3. The Kier molecular flexibility index (Phi) is 9.32. The van der Waals surface area contributed by atoms with E-state index in [9.17, 15) is 26.7 Å². The lowest BCUT2D eigenvalue weighted by Crippen LogP contribution is -2.20. The number of carbonyl (C=O) groups excluding carboxylic acids is 1. The number of halogens is 5. The number of nitrogens with zero attached hydrogens (tertiary/aromatic N) is 2. The van der Waals surface area contributed by atoms with Gasteiger partial charge in [-0.2, -0.15) is 13.2 Å². The first-order valence-corrected chi connectivity index (χ1v) is 13.9. The van der Waals surface area contributed by atoms with E-state index in [1.807, 2.05) is 23.5 Å². The summed E-state index contributed by atoms with van der Waals surface area (Å²) in [5.74, 6) is -1.69. The van der Waals surface area contributed by atoms with E-state index < -0.39 is 35.1 Å². The minimum Gasteiger partial charge on any atom is -0.453 e. The summed E-state index contributed by atoms with van der Waals surface area (Å²) in [5.41, 5.74) is 0.524. The van der Waals surface area contributed by atoms with E-state index in [2.05, 4.69) is 20.6 Å². The van der Waals surface area contributed by atoms with Gasteiger partial charge in [-0.15, -0.1) is 11.3 Å². The topological polar surface area (TPSA) is 97.4 Å². The highest BCUT2D eigenvalue weighted by molar-refractivity contribution is 7.22. The van der Waals surface area contributed by atoms with Crippen LogP contribution in [0.4, 0.5) is 38.1 Å². The number of pyridine rings is 2. The van der Waals surface area contributed by atoms with Crippen molar-refractivity contribution in [2.75, 3.05) is 30.9 Å². The number of urea groups is 1. The van der Waals surface area contributed by atoms with Crippen molar-refractivity contribution in [1.82, 2.24) is 15.3 Å². The third-order valence-corrected chi connectivity index (χ3v) is 7.38. The molecule has 0 saturated carbocycles. The average Bonchev–Trinajstić information content (AvgIpc) is 3.43. The van der Waals surface area contributed by atoms with Crippen molar-refractivity contribution in [3.63, 3.8) is 0 Å². The third-order valence-electron chi connectivity index (χ3n) is 6.22. The summed E-state index contributed by atoms with van der Waals surface area (Å²) in [5, 5.41) is 7.52. The van der Waals surface area contributed by atoms with Crippen molar-refractivity contribution in [2.24, 2.45) is 0 Å². The van der Waals surface area contributed by atoms with Crippen LogP contribution in [0, 0.1) is 11.6 Å². The molecule has 228 valence electrons. The van der Waals surface area contributed by atoms with Crippen LogP contribution >= 0.6 is 11.3 Å². The largest absolute Gasteiger partial charge is 0.453 e. The molecule has 5 aromatic rings. The van der Waals surface area contributed by atoms with Gasteiger partial charge < -0.3 is 25.4 Å². The van der Waals surface area contributed by atoms with Gasteiger partial charge in [-0.25, -0.2) is 13.6 Å². The monoisotopic (exact) mass is 629 g/mol. The Morgan fingerprint density at radius 1 is 0.932 bits per heavy atom. The second-order valence-corrected chi connectivity index (χ2v) is 10.4. The van der Waals surface area contributed by atoms with E-state index in [-0.39, 0.29) is 11.4 Å². The van der Waals surface area contributed by atoms with E-state index in [1.54, 1.807) is 19.4 Å². The van der Waals surface area contributed by atoms with E-state index in [1.165, 1.54) is 29.7 Å². The number of amides is 2. The highest BCUT2D eigenvalue weighted by atomic mass is 32.1. The quantitative estimate of drug-likeness (QED) is 0.108. The highest BCUT2D eigenvalue weighted by Gasteiger charge is 2.31. The highest BCUT2D eigenvalue weighted by Crippen LogP contribution is 2.39. The van der Waals surface area contributed by atoms with Gasteiger partial charge in [0.05, 0.1) is 38.6 Å². The molecule has 2 amide bonds. The Bertz CT molecular complexity index is 1780. The molecule has 3 heterocycles. The van der Waals surface area contributed by atoms with E-state index in [0.717, 1.165) is 28.7 Å². The molecule has 14 heteroatoms. The predicted octanol–water partition coefficient (Wildman–Crippen LogP) is 7.83. The Labute approximate surface area is 251 Å². The van der Waals surface area contributed by atoms with Crippen molar-refractivity contribution in [2.45, 2.75) is 12.7 Å². The lowest BCUT2D eigenvalue weighted by Gasteiger charge is -2.12. The van der Waals surface area contributed by atoms with Crippen molar-refractivity contribution in [3.8, 4) is 22.1 Å². The smallest absolute Gasteiger partial charge is 0.416 e. The maximum Gasteiger partial charge on any atom is 0.416 e. The molecule has 0 unspecified atom stereocenters. The molecule has 0 radical (unpaired) electrons. The van der Waals surface area contributed by atoms with Crippen LogP contribution < -0.4 is 20.7 Å². The van der Waals surface area contributed by atoms with Gasteiger partial charge in [0.15, 0.2) is 11.6 Å². The van der Waals surface area contributed by atoms with Crippen LogP contribution in [0.1, 0.15) is 11.1 Å². The first-order chi connectivity index (χ1) is 21.1. The van der Waals surface area contributed by atoms with Crippen LogP contribution in [0.2, 0.25) is 0 Å². The normalized spacial score (nSPS) is 11.5. The summed E-state index contributed by atoms with van der Waals surface area (Å²) in [6.45, 7) is 1.99. The molecule has 2 aromatic carbocycles. The molecule has 0 aliphatic carbocycles. The van der Waals surface area contributed by atoms with Gasteiger partial charge in [-0.1, -0.05) is 6.07 Å². The van der Waals surface area contributed by atoms with Crippen LogP contribution in [0.15, 0.2) is 73.1 Å². The number of alkyl halides is 3. The van der Waals surface area contributed by atoms with Crippen LogP contribution in [0.25, 0.3) is 20.8 Å². The van der Waals surface area contributed by atoms with E-state index >= 15 is 0 Å². The third kappa shape index (κ3) is 7.45. The van der Waals surface area contributed by atoms with Gasteiger partial charge in [0.1, 0.15) is 11.6 Å². The lowest BCUT2D eigenvalue weighted by atomic mass is 10.2. The molecule has 0 atom stereocenters. The fraction of sp³-hybridized carbons (Fsp3) is 0.167. The number of hydrogen-bond acceptors (Lipinski definition) is 7. The molecule has 0 aliphatic heterocycles. The molecule has 44 heavy (non-hydrogen) atoms. The number of fused-ring (bicyclic) bond motifs is 1. The first-order valence-electron chi connectivity index (χ1n) is 13.1. The second kappa shape index (κ2) is 13.3. The van der Waals surface area contributed by atoms with Gasteiger partial charge >= 0.3 is 12.2 Å². The Hall–Kier alpha value is -4.66. The zero-order chi connectivity index (χ0) is 31.3. The van der Waals surface area contributed by atoms with Crippen LogP contribution in [-0.2, 0) is 17.5 Å². The van der Waals surface area contributed by atoms with Crippen molar-refractivity contribution in [3.05, 3.63) is 95.8 Å². The van der Waals surface area contributed by atoms with Crippen LogP contribution in [0.5, 0.6) is 11.5 Å². The number of rotatable bonds is 10. The van der Waals surface area contributed by atoms with Crippen molar-refractivity contribution >= 4 is 39.0 Å². The summed E-state index contributed by atoms with van der Waals surface area (Å²) < 4.78 is 79.3. The minimum absolute atomic E-state index is 0.0403. The first kappa shape index (κ1) is 30.8. The molecule has 0 aliphatic rings. The van der Waals surface area contributed by atoms with E-state index in [4.69, 9.17) is 9.47 Å². The Morgan fingerprint density at radius 3 is 2.50 bits per heavy atom. The molecule has 5 rings (SSSR count). The lowest BCUT2D eigenvalue weighted by molar-refractivity contribution is -0.137. The fourth-order valence-electron chi connectivity index (χ4n) is 4.07. The van der Waals surface area contributed by atoms with Gasteiger partial charge in [0.25, 0.3) is 0 Å². The maximum atomic E-state index is 15.0. The molecule has 3 aromatic heterocycles. The molecule has 3 N–H and O–H groups in total. The van der Waals surface area contributed by atoms with Crippen molar-refractivity contribution < 1.29 is 36.2 Å². The molecule has 0 spiro atoms. The molecule has 0 saturated heterocycles. The number of aromatic nitrogens is 2. The molecular weight excluding hydrogens is 605 g/mol. The summed E-state index contributed by atoms with van der Waals surface area (Å²) in [6.07, 6.45) is -1.41. The second-order valence-electron chi connectivity index (χ2n) is 9.37. The van der Waals surface area contributed by atoms with Gasteiger partial charge in [-0.05, 0) is 48.0 Å². The number of ether oxygens (including phenoxy) is 2. The number of methoxy groups -OCH3 is 1. The molecule has 8 nitrogen and oxygen atoms in total. The predicted molar refractivity (Wildman–Crippen MR) is 157 cm³/mol. The molecule has 0 bridgehead atoms. The minimum atomic E-state index is -4.73. The van der Waals surface area contributed by atoms with Crippen LogP contribution in [0.3, 0.4) is 0 Å². The number of carbonyl (C=O) groups is 1. The van der Waals surface area contributed by atoms with Gasteiger partial charge in [-0.3, -0.25) is 9.97 Å². The summed E-state index contributed by atoms with van der Waals surface area (Å²) in [7, 11) is 1.64. The maximum absolute atomic E-state index is 15.0. The zero-order valence-corrected chi connectivity index (χ0v) is 23.8. The molecular formula is C30H24F5N5O3S. The SMILES string of the molecule is COCCNCc1ccc(-c2cc3nccc(Oc4ccc(NC(=O)Nc5cc(C(F)(F)F)ccc5F)cc4F)c3s2)nc1. The number of anilines is 2. The summed E-state index contributed by atoms with van der Waals surface area (Å²) >= 11 is 1.38. The fourth-order valence-corrected chi connectivity index (χ4v) is 5.11. The van der Waals surface area contributed by atoms with Gasteiger partial charge in [0, 0.05) is 50.4 Å².